The number of allylic oxidation sites excluding steroid dienone is 1. The number of carbonyl (C=O) groups is 1. The molecule has 0 saturated carbocycles. The van der Waals surface area contributed by atoms with Crippen LogP contribution in [0.5, 0.6) is 0 Å². The van der Waals surface area contributed by atoms with Gasteiger partial charge in [-0.3, -0.25) is 4.79 Å². The summed E-state index contributed by atoms with van der Waals surface area (Å²) >= 11 is 0. The van der Waals surface area contributed by atoms with E-state index in [0.717, 1.165) is 33.4 Å². The molecule has 1 aromatic carbocycles. The molecule has 1 aliphatic heterocycles. The van der Waals surface area contributed by atoms with Crippen molar-refractivity contribution in [3.05, 3.63) is 102 Å². The number of rotatable bonds is 5. The molecule has 0 aliphatic carbocycles. The highest BCUT2D eigenvalue weighted by Crippen LogP contribution is 2.37. The van der Waals surface area contributed by atoms with E-state index in [2.05, 4.69) is 22.0 Å². The lowest BCUT2D eigenvalue weighted by Gasteiger charge is -2.33. The summed E-state index contributed by atoms with van der Waals surface area (Å²) in [7, 11) is 1.78. The molecular formula is C27H27N7O2. The quantitative estimate of drug-likeness (QED) is 0.290. The van der Waals surface area contributed by atoms with E-state index < -0.39 is 6.04 Å². The molecular weight excluding hydrogens is 454 g/mol. The fourth-order valence-electron chi connectivity index (χ4n) is 4.89. The summed E-state index contributed by atoms with van der Waals surface area (Å²) in [5.41, 5.74) is 5.01. The Morgan fingerprint density at radius 2 is 2.17 bits per heavy atom. The molecule has 0 spiro atoms. The third kappa shape index (κ3) is 3.74. The predicted octanol–water partition coefficient (Wildman–Crippen LogP) is 4.01. The molecule has 5 heterocycles. The van der Waals surface area contributed by atoms with Gasteiger partial charge in [-0.15, -0.1) is 0 Å². The van der Waals surface area contributed by atoms with Crippen LogP contribution in [0.2, 0.25) is 0 Å². The van der Waals surface area contributed by atoms with E-state index >= 15 is 0 Å². The molecule has 5 aromatic rings. The van der Waals surface area contributed by atoms with Gasteiger partial charge in [0.05, 0.1) is 29.3 Å². The standard InChI is InChI=1S/C27H27N7O2/c1-17(9-11-32(2)28)19-7-8-22-20(14-31-34(22)15-19)27(35)33-12-10-21-25(30-16-29-21)26(33)24-13-18-5-3-4-6-23(18)36-24/h3-9,11,13-17,26H,10,12,28H2,1-2H3,(H,29,30)/b11-9-/t17?,26-/m1/s1. The van der Waals surface area contributed by atoms with Crippen LogP contribution in [0.3, 0.4) is 0 Å². The summed E-state index contributed by atoms with van der Waals surface area (Å²) in [6.07, 6.45) is 9.82. The van der Waals surface area contributed by atoms with E-state index in [9.17, 15) is 4.79 Å². The predicted molar refractivity (Wildman–Crippen MR) is 136 cm³/mol. The zero-order valence-corrected chi connectivity index (χ0v) is 20.1. The Labute approximate surface area is 207 Å². The van der Waals surface area contributed by atoms with Crippen LogP contribution in [0.15, 0.2) is 77.9 Å². The molecule has 0 saturated heterocycles. The molecule has 6 rings (SSSR count). The Balaban J connectivity index is 1.37. The van der Waals surface area contributed by atoms with Crippen molar-refractivity contribution in [1.82, 2.24) is 29.5 Å². The number of amides is 1. The van der Waals surface area contributed by atoms with Gasteiger partial charge >= 0.3 is 0 Å². The van der Waals surface area contributed by atoms with Gasteiger partial charge in [-0.1, -0.05) is 37.3 Å². The molecule has 3 N–H and O–H groups in total. The fraction of sp³-hybridized carbons (Fsp3) is 0.222. The van der Waals surface area contributed by atoms with Crippen molar-refractivity contribution in [3.63, 3.8) is 0 Å². The van der Waals surface area contributed by atoms with Gasteiger partial charge < -0.3 is 19.3 Å². The zero-order valence-electron chi connectivity index (χ0n) is 20.1. The van der Waals surface area contributed by atoms with Crippen molar-refractivity contribution in [3.8, 4) is 0 Å². The number of benzene rings is 1. The number of hydrogen-bond acceptors (Lipinski definition) is 6. The lowest BCUT2D eigenvalue weighted by molar-refractivity contribution is 0.0675. The molecule has 1 aliphatic rings. The number of hydrogen-bond donors (Lipinski definition) is 2. The molecule has 2 atom stereocenters. The summed E-state index contributed by atoms with van der Waals surface area (Å²) in [5, 5.41) is 7.02. The Kier molecular flexibility index (Phi) is 5.34. The molecule has 0 fully saturated rings. The second-order valence-electron chi connectivity index (χ2n) is 9.25. The Morgan fingerprint density at radius 1 is 1.31 bits per heavy atom. The number of fused-ring (bicyclic) bond motifs is 3. The largest absolute Gasteiger partial charge is 0.458 e. The number of carbonyl (C=O) groups excluding carboxylic acids is 1. The average Bonchev–Trinajstić information content (AvgIpc) is 3.63. The van der Waals surface area contributed by atoms with E-state index in [4.69, 9.17) is 10.3 Å². The molecule has 36 heavy (non-hydrogen) atoms. The first-order valence-corrected chi connectivity index (χ1v) is 11.9. The Hall–Kier alpha value is -4.37. The number of imidazole rings is 1. The molecule has 0 radical (unpaired) electrons. The minimum Gasteiger partial charge on any atom is -0.458 e. The average molecular weight is 482 g/mol. The van der Waals surface area contributed by atoms with Gasteiger partial charge in [-0.25, -0.2) is 15.3 Å². The van der Waals surface area contributed by atoms with Crippen molar-refractivity contribution in [1.29, 1.82) is 0 Å². The van der Waals surface area contributed by atoms with E-state index in [0.29, 0.717) is 24.3 Å². The maximum atomic E-state index is 14.0. The van der Waals surface area contributed by atoms with E-state index in [1.54, 1.807) is 24.1 Å². The SMILES string of the molecule is CC(/C=C\N(C)N)c1ccc2c(C(=O)N3CCc4[nH]cnc4[C@H]3c3cc4ccccc4o3)cnn2c1. The van der Waals surface area contributed by atoms with Crippen LogP contribution < -0.4 is 5.84 Å². The smallest absolute Gasteiger partial charge is 0.258 e. The van der Waals surface area contributed by atoms with Crippen molar-refractivity contribution in [2.24, 2.45) is 5.84 Å². The Bertz CT molecular complexity index is 1560. The minimum absolute atomic E-state index is 0.102. The van der Waals surface area contributed by atoms with Crippen molar-refractivity contribution >= 4 is 22.4 Å². The second kappa shape index (κ2) is 8.69. The second-order valence-corrected chi connectivity index (χ2v) is 9.25. The molecule has 9 heteroatoms. The summed E-state index contributed by atoms with van der Waals surface area (Å²) in [4.78, 5) is 23.6. The molecule has 4 aromatic heterocycles. The molecule has 182 valence electrons. The molecule has 0 bridgehead atoms. The lowest BCUT2D eigenvalue weighted by atomic mass is 9.99. The third-order valence-electron chi connectivity index (χ3n) is 6.81. The van der Waals surface area contributed by atoms with Crippen LogP contribution >= 0.6 is 0 Å². The summed E-state index contributed by atoms with van der Waals surface area (Å²) in [6.45, 7) is 2.63. The summed E-state index contributed by atoms with van der Waals surface area (Å²) in [6, 6.07) is 13.4. The lowest BCUT2D eigenvalue weighted by Crippen LogP contribution is -2.40. The number of pyridine rings is 1. The number of aromatic amines is 1. The number of H-pyrrole nitrogens is 1. The van der Waals surface area contributed by atoms with E-state index in [1.165, 1.54) is 5.01 Å². The molecule has 1 amide bonds. The van der Waals surface area contributed by atoms with Crippen molar-refractivity contribution < 1.29 is 9.21 Å². The highest BCUT2D eigenvalue weighted by atomic mass is 16.3. The number of para-hydroxylation sites is 1. The highest BCUT2D eigenvalue weighted by Gasteiger charge is 2.37. The number of hydrazine groups is 1. The first-order chi connectivity index (χ1) is 17.5. The van der Waals surface area contributed by atoms with Crippen LogP contribution in [0.4, 0.5) is 0 Å². The van der Waals surface area contributed by atoms with Crippen LogP contribution in [-0.4, -0.2) is 49.0 Å². The summed E-state index contributed by atoms with van der Waals surface area (Å²) in [5.74, 6) is 6.42. The first-order valence-electron chi connectivity index (χ1n) is 11.9. The molecule has 9 nitrogen and oxygen atoms in total. The van der Waals surface area contributed by atoms with Gasteiger partial charge in [0.2, 0.25) is 0 Å². The topological polar surface area (TPSA) is 109 Å². The van der Waals surface area contributed by atoms with Crippen molar-refractivity contribution in [2.45, 2.75) is 25.3 Å². The van der Waals surface area contributed by atoms with Gasteiger partial charge in [0.25, 0.3) is 5.91 Å². The van der Waals surface area contributed by atoms with Gasteiger partial charge in [0.15, 0.2) is 0 Å². The van der Waals surface area contributed by atoms with Crippen LogP contribution in [0.1, 0.15) is 52.0 Å². The van der Waals surface area contributed by atoms with E-state index in [1.807, 2.05) is 65.8 Å². The molecule has 1 unspecified atom stereocenters. The number of nitrogens with one attached hydrogen (secondary N) is 1. The van der Waals surface area contributed by atoms with Gasteiger partial charge in [-0.2, -0.15) is 5.10 Å². The zero-order chi connectivity index (χ0) is 24.8. The van der Waals surface area contributed by atoms with Crippen LogP contribution in [0.25, 0.3) is 16.5 Å². The van der Waals surface area contributed by atoms with Gasteiger partial charge in [0, 0.05) is 49.4 Å². The van der Waals surface area contributed by atoms with E-state index in [-0.39, 0.29) is 11.8 Å². The highest BCUT2D eigenvalue weighted by molar-refractivity contribution is 6.01. The number of nitrogens with zero attached hydrogens (tertiary/aromatic N) is 5. The minimum atomic E-state index is -0.424. The van der Waals surface area contributed by atoms with Crippen molar-refractivity contribution in [2.75, 3.05) is 13.6 Å². The monoisotopic (exact) mass is 481 g/mol. The third-order valence-corrected chi connectivity index (χ3v) is 6.81. The van der Waals surface area contributed by atoms with Gasteiger partial charge in [-0.05, 0) is 23.8 Å². The maximum Gasteiger partial charge on any atom is 0.258 e. The first kappa shape index (κ1) is 22.1. The fourth-order valence-corrected chi connectivity index (χ4v) is 4.89. The summed E-state index contributed by atoms with van der Waals surface area (Å²) < 4.78 is 7.98. The number of aromatic nitrogens is 4. The maximum absolute atomic E-state index is 14.0. The van der Waals surface area contributed by atoms with Crippen LogP contribution in [0, 0.1) is 0 Å². The Morgan fingerprint density at radius 3 is 3.00 bits per heavy atom. The normalized spacial score (nSPS) is 16.6. The van der Waals surface area contributed by atoms with Gasteiger partial charge in [0.1, 0.15) is 17.4 Å². The number of furan rings is 1. The number of nitrogens with two attached hydrogens (primary N) is 1. The van der Waals surface area contributed by atoms with Crippen LogP contribution in [-0.2, 0) is 6.42 Å².